The van der Waals surface area contributed by atoms with Crippen LogP contribution in [-0.4, -0.2) is 36.9 Å². The highest BCUT2D eigenvalue weighted by molar-refractivity contribution is 5.85. The third-order valence-corrected chi connectivity index (χ3v) is 2.82. The third-order valence-electron chi connectivity index (χ3n) is 2.82. The minimum absolute atomic E-state index is 0.0773. The van der Waals surface area contributed by atoms with Gasteiger partial charge >= 0.3 is 0 Å². The van der Waals surface area contributed by atoms with Crippen LogP contribution < -0.4 is 11.1 Å². The van der Waals surface area contributed by atoms with Crippen molar-refractivity contribution in [2.24, 2.45) is 5.92 Å². The number of rotatable bonds is 6. The van der Waals surface area contributed by atoms with Crippen LogP contribution in [0.25, 0.3) is 0 Å². The maximum atomic E-state index is 12.0. The Kier molecular flexibility index (Phi) is 6.03. The van der Waals surface area contributed by atoms with Gasteiger partial charge in [-0.3, -0.25) is 9.59 Å². The summed E-state index contributed by atoms with van der Waals surface area (Å²) in [5.41, 5.74) is 7.15. The minimum Gasteiger partial charge on any atom is -0.399 e. The van der Waals surface area contributed by atoms with E-state index in [0.717, 1.165) is 5.56 Å². The Labute approximate surface area is 120 Å². The van der Waals surface area contributed by atoms with Gasteiger partial charge in [-0.1, -0.05) is 26.0 Å². The molecule has 20 heavy (non-hydrogen) atoms. The van der Waals surface area contributed by atoms with Crippen molar-refractivity contribution in [2.75, 3.05) is 25.9 Å². The van der Waals surface area contributed by atoms with Crippen molar-refractivity contribution in [3.05, 3.63) is 29.8 Å². The predicted molar refractivity (Wildman–Crippen MR) is 80.0 cm³/mol. The van der Waals surface area contributed by atoms with Crippen LogP contribution >= 0.6 is 0 Å². The van der Waals surface area contributed by atoms with Crippen LogP contribution in [0.2, 0.25) is 0 Å². The van der Waals surface area contributed by atoms with Gasteiger partial charge in [0.15, 0.2) is 0 Å². The molecule has 0 bridgehead atoms. The van der Waals surface area contributed by atoms with E-state index in [1.165, 1.54) is 4.90 Å². The van der Waals surface area contributed by atoms with E-state index in [2.05, 4.69) is 5.32 Å². The molecule has 0 aliphatic rings. The molecule has 0 unspecified atom stereocenters. The van der Waals surface area contributed by atoms with Crippen molar-refractivity contribution in [3.63, 3.8) is 0 Å². The standard InChI is InChI=1S/C15H23N3O2/c1-11(2)9-17-14(19)10-18(3)15(20)8-12-5-4-6-13(16)7-12/h4-7,11H,8-10,16H2,1-3H3,(H,17,19). The van der Waals surface area contributed by atoms with Gasteiger partial charge in [-0.25, -0.2) is 0 Å². The fourth-order valence-electron chi connectivity index (χ4n) is 1.69. The van der Waals surface area contributed by atoms with Crippen LogP contribution in [0.1, 0.15) is 19.4 Å². The number of benzene rings is 1. The van der Waals surface area contributed by atoms with Gasteiger partial charge < -0.3 is 16.0 Å². The van der Waals surface area contributed by atoms with Crippen molar-refractivity contribution in [1.82, 2.24) is 10.2 Å². The van der Waals surface area contributed by atoms with E-state index >= 15 is 0 Å². The highest BCUT2D eigenvalue weighted by Crippen LogP contribution is 2.08. The molecule has 0 spiro atoms. The molecule has 0 atom stereocenters. The van der Waals surface area contributed by atoms with Crippen LogP contribution in [0.15, 0.2) is 24.3 Å². The number of carbonyl (C=O) groups is 2. The van der Waals surface area contributed by atoms with Crippen LogP contribution in [0.4, 0.5) is 5.69 Å². The van der Waals surface area contributed by atoms with Gasteiger partial charge in [-0.15, -0.1) is 0 Å². The first kappa shape index (κ1) is 16.0. The summed E-state index contributed by atoms with van der Waals surface area (Å²) < 4.78 is 0. The van der Waals surface area contributed by atoms with Gasteiger partial charge in [0, 0.05) is 19.3 Å². The van der Waals surface area contributed by atoms with Crippen molar-refractivity contribution in [3.8, 4) is 0 Å². The summed E-state index contributed by atoms with van der Waals surface area (Å²) in [6.45, 7) is 4.74. The molecule has 0 saturated carbocycles. The Bertz CT molecular complexity index is 472. The summed E-state index contributed by atoms with van der Waals surface area (Å²) in [6.07, 6.45) is 0.249. The molecular weight excluding hydrogens is 254 g/mol. The van der Waals surface area contributed by atoms with Crippen LogP contribution in [-0.2, 0) is 16.0 Å². The monoisotopic (exact) mass is 277 g/mol. The summed E-state index contributed by atoms with van der Waals surface area (Å²) in [5, 5.41) is 2.79. The maximum absolute atomic E-state index is 12.0. The Morgan fingerprint density at radius 2 is 2.05 bits per heavy atom. The maximum Gasteiger partial charge on any atom is 0.239 e. The summed E-state index contributed by atoms with van der Waals surface area (Å²) in [4.78, 5) is 25.1. The minimum atomic E-state index is -0.137. The topological polar surface area (TPSA) is 75.4 Å². The lowest BCUT2D eigenvalue weighted by molar-refractivity contribution is -0.134. The Hall–Kier alpha value is -2.04. The molecule has 0 saturated heterocycles. The molecule has 0 heterocycles. The number of amides is 2. The number of nitrogen functional groups attached to an aromatic ring is 1. The number of anilines is 1. The molecule has 0 radical (unpaired) electrons. The number of nitrogens with two attached hydrogens (primary N) is 1. The summed E-state index contributed by atoms with van der Waals surface area (Å²) in [5.74, 6) is 0.157. The molecule has 0 fully saturated rings. The highest BCUT2D eigenvalue weighted by Gasteiger charge is 2.13. The van der Waals surface area contributed by atoms with E-state index < -0.39 is 0 Å². The SMILES string of the molecule is CC(C)CNC(=O)CN(C)C(=O)Cc1cccc(N)c1. The van der Waals surface area contributed by atoms with Gasteiger partial charge in [0.05, 0.1) is 13.0 Å². The second-order valence-electron chi connectivity index (χ2n) is 5.37. The number of likely N-dealkylation sites (N-methyl/N-ethyl adjacent to an activating group) is 1. The average molecular weight is 277 g/mol. The first-order valence-corrected chi connectivity index (χ1v) is 6.73. The smallest absolute Gasteiger partial charge is 0.239 e. The fourth-order valence-corrected chi connectivity index (χ4v) is 1.69. The second kappa shape index (κ2) is 7.53. The molecule has 1 aromatic carbocycles. The van der Waals surface area contributed by atoms with E-state index in [-0.39, 0.29) is 24.8 Å². The number of nitrogens with one attached hydrogen (secondary N) is 1. The summed E-state index contributed by atoms with van der Waals surface area (Å²) in [6, 6.07) is 7.20. The van der Waals surface area contributed by atoms with E-state index in [4.69, 9.17) is 5.73 Å². The second-order valence-corrected chi connectivity index (χ2v) is 5.37. The Morgan fingerprint density at radius 1 is 1.35 bits per heavy atom. The van der Waals surface area contributed by atoms with Crippen molar-refractivity contribution in [1.29, 1.82) is 0 Å². The summed E-state index contributed by atoms with van der Waals surface area (Å²) in [7, 11) is 1.63. The first-order chi connectivity index (χ1) is 9.38. The zero-order valence-corrected chi connectivity index (χ0v) is 12.3. The van der Waals surface area contributed by atoms with E-state index in [1.807, 2.05) is 26.0 Å². The lowest BCUT2D eigenvalue weighted by Gasteiger charge is -2.17. The first-order valence-electron chi connectivity index (χ1n) is 6.73. The van der Waals surface area contributed by atoms with Crippen molar-refractivity contribution >= 4 is 17.5 Å². The normalized spacial score (nSPS) is 10.4. The lowest BCUT2D eigenvalue weighted by atomic mass is 10.1. The van der Waals surface area contributed by atoms with Gasteiger partial charge in [0.25, 0.3) is 0 Å². The Balaban J connectivity index is 2.45. The molecule has 1 aromatic rings. The molecule has 5 heteroatoms. The molecular formula is C15H23N3O2. The Morgan fingerprint density at radius 3 is 2.65 bits per heavy atom. The lowest BCUT2D eigenvalue weighted by Crippen LogP contribution is -2.40. The largest absolute Gasteiger partial charge is 0.399 e. The fraction of sp³-hybridized carbons (Fsp3) is 0.467. The number of hydrogen-bond acceptors (Lipinski definition) is 3. The van der Waals surface area contributed by atoms with Crippen LogP contribution in [0.5, 0.6) is 0 Å². The van der Waals surface area contributed by atoms with Gasteiger partial charge in [-0.2, -0.15) is 0 Å². The van der Waals surface area contributed by atoms with E-state index in [1.54, 1.807) is 19.2 Å². The van der Waals surface area contributed by atoms with Crippen molar-refractivity contribution in [2.45, 2.75) is 20.3 Å². The van der Waals surface area contributed by atoms with Crippen LogP contribution in [0.3, 0.4) is 0 Å². The molecule has 3 N–H and O–H groups in total. The molecule has 0 aromatic heterocycles. The molecule has 110 valence electrons. The zero-order valence-electron chi connectivity index (χ0n) is 12.3. The predicted octanol–water partition coefficient (Wildman–Crippen LogP) is 1.04. The number of hydrogen-bond donors (Lipinski definition) is 2. The van der Waals surface area contributed by atoms with E-state index in [9.17, 15) is 9.59 Å². The van der Waals surface area contributed by atoms with Crippen molar-refractivity contribution < 1.29 is 9.59 Å². The molecule has 1 rings (SSSR count). The number of nitrogens with zero attached hydrogens (tertiary/aromatic N) is 1. The highest BCUT2D eigenvalue weighted by atomic mass is 16.2. The number of carbonyl (C=O) groups excluding carboxylic acids is 2. The van der Waals surface area contributed by atoms with Gasteiger partial charge in [-0.05, 0) is 23.6 Å². The molecule has 0 aliphatic heterocycles. The quantitative estimate of drug-likeness (QED) is 0.763. The van der Waals surface area contributed by atoms with E-state index in [0.29, 0.717) is 18.2 Å². The molecule has 0 aliphatic carbocycles. The molecule has 2 amide bonds. The zero-order chi connectivity index (χ0) is 15.1. The van der Waals surface area contributed by atoms with Crippen LogP contribution in [0, 0.1) is 5.92 Å². The third kappa shape index (κ3) is 5.73. The molecule has 5 nitrogen and oxygen atoms in total. The van der Waals surface area contributed by atoms with Gasteiger partial charge in [0.2, 0.25) is 11.8 Å². The van der Waals surface area contributed by atoms with Gasteiger partial charge in [0.1, 0.15) is 0 Å². The summed E-state index contributed by atoms with van der Waals surface area (Å²) >= 11 is 0. The average Bonchev–Trinajstić information content (AvgIpc) is 2.36.